The molecule has 5 heteroatoms. The topological polar surface area (TPSA) is 54.4 Å². The van der Waals surface area contributed by atoms with Crippen LogP contribution in [-0.4, -0.2) is 23.7 Å². The Kier molecular flexibility index (Phi) is 4.69. The summed E-state index contributed by atoms with van der Waals surface area (Å²) in [6.07, 6.45) is 1.31. The van der Waals surface area contributed by atoms with E-state index in [0.717, 1.165) is 11.1 Å². The van der Waals surface area contributed by atoms with Crippen LogP contribution < -0.4 is 10.1 Å². The van der Waals surface area contributed by atoms with Gasteiger partial charge in [0, 0.05) is 25.4 Å². The molecule has 0 aromatic carbocycles. The molecule has 2 N–H and O–H groups in total. The molecule has 1 atom stereocenters. The van der Waals surface area contributed by atoms with Crippen LogP contribution in [0.15, 0.2) is 35.2 Å². The summed E-state index contributed by atoms with van der Waals surface area (Å²) in [7, 11) is 1.59. The third-order valence-electron chi connectivity index (χ3n) is 2.60. The second-order valence-corrected chi connectivity index (χ2v) is 4.69. The van der Waals surface area contributed by atoms with Crippen molar-refractivity contribution in [3.63, 3.8) is 0 Å². The highest BCUT2D eigenvalue weighted by molar-refractivity contribution is 7.07. The van der Waals surface area contributed by atoms with Gasteiger partial charge in [-0.25, -0.2) is 4.98 Å². The monoisotopic (exact) mass is 264 g/mol. The number of aliphatic hydroxyl groups excluding tert-OH is 1. The van der Waals surface area contributed by atoms with Crippen molar-refractivity contribution >= 4 is 11.3 Å². The van der Waals surface area contributed by atoms with Crippen molar-refractivity contribution in [2.75, 3.05) is 13.7 Å². The molecule has 0 aliphatic carbocycles. The number of hydrogen-bond acceptors (Lipinski definition) is 5. The van der Waals surface area contributed by atoms with Crippen molar-refractivity contribution in [3.05, 3.63) is 46.3 Å². The molecule has 18 heavy (non-hydrogen) atoms. The average molecular weight is 264 g/mol. The Labute approximate surface area is 110 Å². The number of methoxy groups -OCH3 is 1. The van der Waals surface area contributed by atoms with Gasteiger partial charge in [-0.1, -0.05) is 6.07 Å². The van der Waals surface area contributed by atoms with Gasteiger partial charge in [0.2, 0.25) is 5.88 Å². The van der Waals surface area contributed by atoms with Crippen LogP contribution >= 0.6 is 11.3 Å². The minimum atomic E-state index is -0.456. The van der Waals surface area contributed by atoms with E-state index in [9.17, 15) is 5.11 Å². The average Bonchev–Trinajstić information content (AvgIpc) is 2.93. The van der Waals surface area contributed by atoms with Gasteiger partial charge in [0.15, 0.2) is 0 Å². The molecular weight excluding hydrogens is 248 g/mol. The molecule has 2 aromatic heterocycles. The fraction of sp³-hybridized carbons (Fsp3) is 0.308. The highest BCUT2D eigenvalue weighted by Crippen LogP contribution is 2.15. The van der Waals surface area contributed by atoms with Crippen LogP contribution in [0.4, 0.5) is 0 Å². The van der Waals surface area contributed by atoms with E-state index in [1.54, 1.807) is 24.6 Å². The van der Waals surface area contributed by atoms with Crippen molar-refractivity contribution < 1.29 is 9.84 Å². The maximum absolute atomic E-state index is 9.88. The third kappa shape index (κ3) is 3.53. The maximum atomic E-state index is 9.88. The lowest BCUT2D eigenvalue weighted by Gasteiger charge is -2.10. The molecule has 2 rings (SSSR count). The summed E-state index contributed by atoms with van der Waals surface area (Å²) in [6.45, 7) is 1.21. The van der Waals surface area contributed by atoms with Gasteiger partial charge < -0.3 is 15.2 Å². The summed E-state index contributed by atoms with van der Waals surface area (Å²) >= 11 is 1.59. The predicted octanol–water partition coefficient (Wildman–Crippen LogP) is 1.97. The molecule has 2 aromatic rings. The van der Waals surface area contributed by atoms with Gasteiger partial charge in [-0.2, -0.15) is 11.3 Å². The lowest BCUT2D eigenvalue weighted by molar-refractivity contribution is 0.175. The van der Waals surface area contributed by atoms with E-state index in [2.05, 4.69) is 10.3 Å². The SMILES string of the molecule is COc1ccc(CNCC(O)c2ccsc2)cn1. The first-order valence-corrected chi connectivity index (χ1v) is 6.63. The van der Waals surface area contributed by atoms with E-state index in [1.165, 1.54) is 0 Å². The lowest BCUT2D eigenvalue weighted by Crippen LogP contribution is -2.20. The van der Waals surface area contributed by atoms with Gasteiger partial charge in [0.1, 0.15) is 0 Å². The molecule has 0 aliphatic heterocycles. The van der Waals surface area contributed by atoms with E-state index in [1.807, 2.05) is 29.0 Å². The van der Waals surface area contributed by atoms with Crippen LogP contribution in [0, 0.1) is 0 Å². The number of hydrogen-bond donors (Lipinski definition) is 2. The van der Waals surface area contributed by atoms with Crippen molar-refractivity contribution in [1.82, 2.24) is 10.3 Å². The lowest BCUT2D eigenvalue weighted by atomic mass is 10.2. The van der Waals surface area contributed by atoms with Crippen LogP contribution in [0.1, 0.15) is 17.2 Å². The molecule has 2 heterocycles. The third-order valence-corrected chi connectivity index (χ3v) is 3.30. The summed E-state index contributed by atoms with van der Waals surface area (Å²) in [6, 6.07) is 5.72. The highest BCUT2D eigenvalue weighted by atomic mass is 32.1. The van der Waals surface area contributed by atoms with Crippen LogP contribution in [0.25, 0.3) is 0 Å². The molecule has 0 saturated heterocycles. The molecule has 0 saturated carbocycles. The van der Waals surface area contributed by atoms with E-state index in [-0.39, 0.29) is 0 Å². The Morgan fingerprint density at radius 3 is 2.94 bits per heavy atom. The van der Waals surface area contributed by atoms with Gasteiger partial charge in [0.25, 0.3) is 0 Å². The molecule has 0 spiro atoms. The summed E-state index contributed by atoms with van der Waals surface area (Å²) in [4.78, 5) is 4.12. The van der Waals surface area contributed by atoms with E-state index >= 15 is 0 Å². The predicted molar refractivity (Wildman–Crippen MR) is 71.8 cm³/mol. The zero-order valence-corrected chi connectivity index (χ0v) is 11.0. The van der Waals surface area contributed by atoms with Gasteiger partial charge in [0.05, 0.1) is 13.2 Å². The molecule has 1 unspecified atom stereocenters. The fourth-order valence-electron chi connectivity index (χ4n) is 1.57. The quantitative estimate of drug-likeness (QED) is 0.837. The Hall–Kier alpha value is -1.43. The summed E-state index contributed by atoms with van der Waals surface area (Å²) in [5.74, 6) is 0.608. The van der Waals surface area contributed by atoms with Crippen LogP contribution in [-0.2, 0) is 6.54 Å². The molecular formula is C13H16N2O2S. The van der Waals surface area contributed by atoms with Crippen molar-refractivity contribution in [2.24, 2.45) is 0 Å². The van der Waals surface area contributed by atoms with E-state index in [4.69, 9.17) is 4.74 Å². The number of rotatable bonds is 6. The number of nitrogens with zero attached hydrogens (tertiary/aromatic N) is 1. The number of nitrogens with one attached hydrogen (secondary N) is 1. The number of aromatic nitrogens is 1. The minimum Gasteiger partial charge on any atom is -0.481 e. The van der Waals surface area contributed by atoms with Crippen LogP contribution in [0.3, 0.4) is 0 Å². The van der Waals surface area contributed by atoms with Crippen LogP contribution in [0.5, 0.6) is 5.88 Å². The Morgan fingerprint density at radius 1 is 1.44 bits per heavy atom. The van der Waals surface area contributed by atoms with E-state index in [0.29, 0.717) is 19.0 Å². The Morgan fingerprint density at radius 2 is 2.33 bits per heavy atom. The normalized spacial score (nSPS) is 12.3. The maximum Gasteiger partial charge on any atom is 0.212 e. The molecule has 0 amide bonds. The molecule has 0 fully saturated rings. The van der Waals surface area contributed by atoms with Crippen molar-refractivity contribution in [3.8, 4) is 5.88 Å². The first-order valence-electron chi connectivity index (χ1n) is 5.69. The minimum absolute atomic E-state index is 0.456. The van der Waals surface area contributed by atoms with E-state index < -0.39 is 6.10 Å². The summed E-state index contributed by atoms with van der Waals surface area (Å²) < 4.78 is 4.99. The van der Waals surface area contributed by atoms with Gasteiger partial charge in [-0.15, -0.1) is 0 Å². The standard InChI is InChI=1S/C13H16N2O2S/c1-17-13-3-2-10(7-15-13)6-14-8-12(16)11-4-5-18-9-11/h2-5,7,9,12,14,16H,6,8H2,1H3. The number of ether oxygens (including phenoxy) is 1. The second kappa shape index (κ2) is 6.49. The fourth-order valence-corrected chi connectivity index (χ4v) is 2.28. The van der Waals surface area contributed by atoms with Gasteiger partial charge in [-0.05, 0) is 28.0 Å². The molecule has 0 bridgehead atoms. The number of aliphatic hydroxyl groups is 1. The second-order valence-electron chi connectivity index (χ2n) is 3.91. The zero-order chi connectivity index (χ0) is 12.8. The molecule has 4 nitrogen and oxygen atoms in total. The largest absolute Gasteiger partial charge is 0.481 e. The summed E-state index contributed by atoms with van der Waals surface area (Å²) in [5.41, 5.74) is 2.02. The van der Waals surface area contributed by atoms with Crippen LogP contribution in [0.2, 0.25) is 0 Å². The first-order chi connectivity index (χ1) is 8.79. The summed E-state index contributed by atoms with van der Waals surface area (Å²) in [5, 5.41) is 17.0. The zero-order valence-electron chi connectivity index (χ0n) is 10.2. The molecule has 0 aliphatic rings. The Bertz CT molecular complexity index is 456. The van der Waals surface area contributed by atoms with Gasteiger partial charge in [-0.3, -0.25) is 0 Å². The molecule has 96 valence electrons. The highest BCUT2D eigenvalue weighted by Gasteiger charge is 2.06. The molecule has 0 radical (unpaired) electrons. The smallest absolute Gasteiger partial charge is 0.212 e. The van der Waals surface area contributed by atoms with Gasteiger partial charge >= 0.3 is 0 Å². The Balaban J connectivity index is 1.77. The first kappa shape index (κ1) is 13.0. The number of pyridine rings is 1. The van der Waals surface area contributed by atoms with Crippen molar-refractivity contribution in [2.45, 2.75) is 12.6 Å². The number of thiophene rings is 1. The van der Waals surface area contributed by atoms with Crippen molar-refractivity contribution in [1.29, 1.82) is 0 Å².